The van der Waals surface area contributed by atoms with Gasteiger partial charge in [-0.2, -0.15) is 0 Å². The molecule has 0 radical (unpaired) electrons. The highest BCUT2D eigenvalue weighted by atomic mass is 79.9. The van der Waals surface area contributed by atoms with Crippen LogP contribution in [0.5, 0.6) is 0 Å². The summed E-state index contributed by atoms with van der Waals surface area (Å²) in [4.78, 5) is 12.0. The third-order valence-electron chi connectivity index (χ3n) is 3.03. The van der Waals surface area contributed by atoms with Crippen molar-refractivity contribution < 1.29 is 4.79 Å². The van der Waals surface area contributed by atoms with Gasteiger partial charge in [-0.1, -0.05) is 73.3 Å². The number of hydrogen-bond donors (Lipinski definition) is 0. The predicted molar refractivity (Wildman–Crippen MR) is 91.3 cm³/mol. The Hall–Kier alpha value is -0.640. The molecule has 0 bridgehead atoms. The zero-order valence-electron chi connectivity index (χ0n) is 10.8. The predicted octanol–water partition coefficient (Wildman–Crippen LogP) is 5.73. The van der Waals surface area contributed by atoms with Crippen molar-refractivity contribution in [1.82, 2.24) is 0 Å². The van der Waals surface area contributed by atoms with Crippen LogP contribution in [-0.4, -0.2) is 10.6 Å². The molecule has 0 aliphatic heterocycles. The van der Waals surface area contributed by atoms with Gasteiger partial charge in [-0.05, 0) is 36.8 Å². The molecule has 20 heavy (non-hydrogen) atoms. The van der Waals surface area contributed by atoms with Crippen LogP contribution in [0.3, 0.4) is 0 Å². The summed E-state index contributed by atoms with van der Waals surface area (Å²) in [6.45, 7) is 2.04. The monoisotopic (exact) mass is 414 g/mol. The van der Waals surface area contributed by atoms with Crippen LogP contribution in [-0.2, 0) is 0 Å². The maximum absolute atomic E-state index is 12.4. The molecule has 0 spiro atoms. The Balaban J connectivity index is 2.17. The normalized spacial score (nSPS) is 13.8. The van der Waals surface area contributed by atoms with Crippen molar-refractivity contribution in [3.05, 3.63) is 70.2 Å². The molecule has 4 heteroatoms. The Bertz CT molecular complexity index is 593. The number of aryl methyl sites for hydroxylation is 1. The first-order valence-corrected chi connectivity index (χ1v) is 8.34. The number of benzene rings is 2. The standard InChI is InChI=1S/C16H13Br2ClO/c1-10-2-4-11(5-3-10)14(17)15(18)16(20)12-6-8-13(19)9-7-12/h2-9,14-15H,1H3. The first kappa shape index (κ1) is 15.7. The molecule has 0 aromatic heterocycles. The summed E-state index contributed by atoms with van der Waals surface area (Å²) in [7, 11) is 0. The quantitative estimate of drug-likeness (QED) is 0.459. The van der Waals surface area contributed by atoms with Gasteiger partial charge in [-0.25, -0.2) is 0 Å². The van der Waals surface area contributed by atoms with E-state index >= 15 is 0 Å². The number of rotatable bonds is 4. The van der Waals surface area contributed by atoms with Crippen LogP contribution in [0, 0.1) is 6.92 Å². The fourth-order valence-corrected chi connectivity index (χ4v) is 3.07. The second-order valence-corrected chi connectivity index (χ2v) is 6.99. The fraction of sp³-hybridized carbons (Fsp3) is 0.188. The molecule has 0 N–H and O–H groups in total. The molecule has 104 valence electrons. The molecule has 0 aliphatic carbocycles. The van der Waals surface area contributed by atoms with Crippen molar-refractivity contribution in [2.24, 2.45) is 0 Å². The van der Waals surface area contributed by atoms with Gasteiger partial charge in [0.2, 0.25) is 0 Å². The maximum Gasteiger partial charge on any atom is 0.177 e. The lowest BCUT2D eigenvalue weighted by atomic mass is 10.0. The van der Waals surface area contributed by atoms with Crippen molar-refractivity contribution in [1.29, 1.82) is 0 Å². The van der Waals surface area contributed by atoms with Gasteiger partial charge in [0.1, 0.15) is 0 Å². The summed E-state index contributed by atoms with van der Waals surface area (Å²) in [6, 6.07) is 15.1. The van der Waals surface area contributed by atoms with Gasteiger partial charge in [0.25, 0.3) is 0 Å². The van der Waals surface area contributed by atoms with Crippen LogP contribution in [0.1, 0.15) is 26.3 Å². The topological polar surface area (TPSA) is 17.1 Å². The Morgan fingerprint density at radius 1 is 1.00 bits per heavy atom. The van der Waals surface area contributed by atoms with Crippen molar-refractivity contribution in [3.63, 3.8) is 0 Å². The maximum atomic E-state index is 12.4. The number of ketones is 1. The Morgan fingerprint density at radius 3 is 2.10 bits per heavy atom. The van der Waals surface area contributed by atoms with Crippen LogP contribution >= 0.6 is 43.5 Å². The highest BCUT2D eigenvalue weighted by Crippen LogP contribution is 2.33. The summed E-state index contributed by atoms with van der Waals surface area (Å²) >= 11 is 12.9. The number of alkyl halides is 2. The Morgan fingerprint density at radius 2 is 1.55 bits per heavy atom. The van der Waals surface area contributed by atoms with E-state index in [1.165, 1.54) is 5.56 Å². The molecule has 0 saturated heterocycles. The third-order valence-corrected chi connectivity index (χ3v) is 6.00. The molecular formula is C16H13Br2ClO. The fourth-order valence-electron chi connectivity index (χ4n) is 1.83. The lowest BCUT2D eigenvalue weighted by Crippen LogP contribution is -2.19. The van der Waals surface area contributed by atoms with E-state index in [0.29, 0.717) is 10.6 Å². The highest BCUT2D eigenvalue weighted by molar-refractivity contribution is 9.12. The lowest BCUT2D eigenvalue weighted by molar-refractivity contribution is 0.0991. The van der Waals surface area contributed by atoms with Crippen LogP contribution < -0.4 is 0 Å². The van der Waals surface area contributed by atoms with Crippen molar-refractivity contribution >= 4 is 49.2 Å². The molecule has 2 unspecified atom stereocenters. The van der Waals surface area contributed by atoms with E-state index in [0.717, 1.165) is 5.56 Å². The van der Waals surface area contributed by atoms with Crippen LogP contribution in [0.4, 0.5) is 0 Å². The average Bonchev–Trinajstić information content (AvgIpc) is 2.46. The van der Waals surface area contributed by atoms with Gasteiger partial charge < -0.3 is 0 Å². The molecule has 2 aromatic carbocycles. The van der Waals surface area contributed by atoms with E-state index in [4.69, 9.17) is 11.6 Å². The van der Waals surface area contributed by atoms with Crippen molar-refractivity contribution in [2.45, 2.75) is 16.6 Å². The minimum Gasteiger partial charge on any atom is -0.293 e. The van der Waals surface area contributed by atoms with Gasteiger partial charge in [-0.15, -0.1) is 0 Å². The molecule has 0 amide bonds. The second-order valence-electron chi connectivity index (χ2n) is 4.59. The molecule has 0 heterocycles. The Labute approximate surface area is 140 Å². The van der Waals surface area contributed by atoms with Crippen LogP contribution in [0.25, 0.3) is 0 Å². The first-order chi connectivity index (χ1) is 9.49. The number of carbonyl (C=O) groups is 1. The number of halogens is 3. The van der Waals surface area contributed by atoms with Gasteiger partial charge in [0, 0.05) is 10.6 Å². The number of hydrogen-bond acceptors (Lipinski definition) is 1. The number of Topliss-reactive ketones (excluding diaryl/α,β-unsaturated/α-hetero) is 1. The summed E-state index contributed by atoms with van der Waals surface area (Å²) < 4.78 is 0. The summed E-state index contributed by atoms with van der Waals surface area (Å²) in [6.07, 6.45) is 0. The molecule has 2 aromatic rings. The smallest absolute Gasteiger partial charge is 0.177 e. The molecule has 2 atom stereocenters. The zero-order chi connectivity index (χ0) is 14.7. The lowest BCUT2D eigenvalue weighted by Gasteiger charge is -2.16. The molecule has 2 rings (SSSR count). The van der Waals surface area contributed by atoms with Gasteiger partial charge in [0.15, 0.2) is 5.78 Å². The van der Waals surface area contributed by atoms with Crippen LogP contribution in [0.2, 0.25) is 5.02 Å². The van der Waals surface area contributed by atoms with Gasteiger partial charge in [0.05, 0.1) is 9.65 Å². The van der Waals surface area contributed by atoms with E-state index < -0.39 is 0 Å². The molecular weight excluding hydrogens is 403 g/mol. The second kappa shape index (κ2) is 6.88. The SMILES string of the molecule is Cc1ccc(C(Br)C(Br)C(=O)c2ccc(Cl)cc2)cc1. The van der Waals surface area contributed by atoms with E-state index in [1.54, 1.807) is 24.3 Å². The van der Waals surface area contributed by atoms with Gasteiger partial charge >= 0.3 is 0 Å². The van der Waals surface area contributed by atoms with E-state index in [9.17, 15) is 4.79 Å². The minimum absolute atomic E-state index is 0.0316. The van der Waals surface area contributed by atoms with E-state index in [1.807, 2.05) is 31.2 Å². The minimum atomic E-state index is -0.327. The molecule has 1 nitrogen and oxygen atoms in total. The summed E-state index contributed by atoms with van der Waals surface area (Å²) in [5, 5.41) is 0.626. The number of carbonyl (C=O) groups excluding carboxylic acids is 1. The zero-order valence-corrected chi connectivity index (χ0v) is 14.7. The third kappa shape index (κ3) is 3.72. The largest absolute Gasteiger partial charge is 0.293 e. The molecule has 0 fully saturated rings. The van der Waals surface area contributed by atoms with Crippen LogP contribution in [0.15, 0.2) is 48.5 Å². The Kier molecular flexibility index (Phi) is 5.42. The highest BCUT2D eigenvalue weighted by Gasteiger charge is 2.25. The van der Waals surface area contributed by atoms with Gasteiger partial charge in [-0.3, -0.25) is 4.79 Å². The van der Waals surface area contributed by atoms with Crippen molar-refractivity contribution in [2.75, 3.05) is 0 Å². The van der Waals surface area contributed by atoms with Crippen molar-refractivity contribution in [3.8, 4) is 0 Å². The van der Waals surface area contributed by atoms with E-state index in [2.05, 4.69) is 31.9 Å². The average molecular weight is 417 g/mol. The molecule has 0 saturated carbocycles. The molecule has 0 aliphatic rings. The first-order valence-electron chi connectivity index (χ1n) is 6.13. The summed E-state index contributed by atoms with van der Waals surface area (Å²) in [5.74, 6) is 0.0316. The summed E-state index contributed by atoms with van der Waals surface area (Å²) in [5.41, 5.74) is 2.91. The van der Waals surface area contributed by atoms with E-state index in [-0.39, 0.29) is 15.4 Å².